The number of nitrogens with one attached hydrogen (secondary N) is 1. The van der Waals surface area contributed by atoms with Gasteiger partial charge in [-0.25, -0.2) is 0 Å². The van der Waals surface area contributed by atoms with E-state index in [1.807, 2.05) is 26.2 Å². The van der Waals surface area contributed by atoms with Crippen LogP contribution in [0.2, 0.25) is 5.15 Å². The first kappa shape index (κ1) is 16.0. The molecule has 0 aromatic carbocycles. The third-order valence-electron chi connectivity index (χ3n) is 3.77. The Balaban J connectivity index is 2.35. The largest absolute Gasteiger partial charge is 0.309 e. The lowest BCUT2D eigenvalue weighted by atomic mass is 9.98. The van der Waals surface area contributed by atoms with Crippen LogP contribution in [0.4, 0.5) is 0 Å². The predicted molar refractivity (Wildman–Crippen MR) is 86.7 cm³/mol. The quantitative estimate of drug-likeness (QED) is 0.891. The SMILES string of the molecule is CCNC(Cc1c(C)nn(C)c1Cl)c1ncccc1CC. The van der Waals surface area contributed by atoms with Gasteiger partial charge in [-0.1, -0.05) is 31.5 Å². The second kappa shape index (κ2) is 7.05. The van der Waals surface area contributed by atoms with Crippen LogP contribution in [0.3, 0.4) is 0 Å². The van der Waals surface area contributed by atoms with Crippen LogP contribution in [0.15, 0.2) is 18.3 Å². The third-order valence-corrected chi connectivity index (χ3v) is 4.24. The summed E-state index contributed by atoms with van der Waals surface area (Å²) >= 11 is 6.37. The van der Waals surface area contributed by atoms with E-state index in [0.29, 0.717) is 5.15 Å². The fourth-order valence-electron chi connectivity index (χ4n) is 2.69. The average molecular weight is 307 g/mol. The van der Waals surface area contributed by atoms with Crippen molar-refractivity contribution in [3.05, 3.63) is 46.0 Å². The van der Waals surface area contributed by atoms with Crippen LogP contribution in [-0.2, 0) is 19.9 Å². The fraction of sp³-hybridized carbons (Fsp3) is 0.500. The first-order chi connectivity index (χ1) is 10.1. The van der Waals surface area contributed by atoms with Gasteiger partial charge in [0.05, 0.1) is 17.4 Å². The molecule has 0 bridgehead atoms. The van der Waals surface area contributed by atoms with Crippen molar-refractivity contribution in [1.82, 2.24) is 20.1 Å². The Bertz CT molecular complexity index is 606. The number of hydrogen-bond acceptors (Lipinski definition) is 3. The van der Waals surface area contributed by atoms with Crippen molar-refractivity contribution in [2.45, 2.75) is 39.7 Å². The summed E-state index contributed by atoms with van der Waals surface area (Å²) in [5.74, 6) is 0. The minimum absolute atomic E-state index is 0.159. The van der Waals surface area contributed by atoms with Crippen molar-refractivity contribution in [3.63, 3.8) is 0 Å². The van der Waals surface area contributed by atoms with Gasteiger partial charge in [-0.05, 0) is 37.9 Å². The number of nitrogens with zero attached hydrogens (tertiary/aromatic N) is 3. The highest BCUT2D eigenvalue weighted by Gasteiger charge is 2.20. The van der Waals surface area contributed by atoms with Crippen LogP contribution >= 0.6 is 11.6 Å². The van der Waals surface area contributed by atoms with E-state index in [2.05, 4.69) is 35.3 Å². The zero-order valence-corrected chi connectivity index (χ0v) is 13.9. The number of pyridine rings is 1. The number of halogens is 1. The first-order valence-corrected chi connectivity index (χ1v) is 7.81. The van der Waals surface area contributed by atoms with E-state index < -0.39 is 0 Å². The summed E-state index contributed by atoms with van der Waals surface area (Å²) in [7, 11) is 1.87. The van der Waals surface area contributed by atoms with Gasteiger partial charge < -0.3 is 5.32 Å². The molecular formula is C16H23ClN4. The number of aryl methyl sites for hydroxylation is 3. The second-order valence-electron chi connectivity index (χ2n) is 5.19. The molecule has 4 nitrogen and oxygen atoms in total. The molecule has 2 heterocycles. The van der Waals surface area contributed by atoms with Crippen LogP contribution in [0.25, 0.3) is 0 Å². The lowest BCUT2D eigenvalue weighted by Gasteiger charge is -2.20. The molecule has 5 heteroatoms. The molecule has 0 saturated heterocycles. The predicted octanol–water partition coefficient (Wildman–Crippen LogP) is 3.23. The highest BCUT2D eigenvalue weighted by Crippen LogP contribution is 2.26. The Morgan fingerprint density at radius 2 is 2.14 bits per heavy atom. The van der Waals surface area contributed by atoms with Crippen molar-refractivity contribution < 1.29 is 0 Å². The van der Waals surface area contributed by atoms with Gasteiger partial charge in [0.2, 0.25) is 0 Å². The second-order valence-corrected chi connectivity index (χ2v) is 5.55. The molecule has 2 aromatic heterocycles. The Hall–Kier alpha value is -1.39. The molecule has 0 spiro atoms. The van der Waals surface area contributed by atoms with Crippen molar-refractivity contribution in [2.75, 3.05) is 6.54 Å². The van der Waals surface area contributed by atoms with Crippen LogP contribution in [0.5, 0.6) is 0 Å². The number of hydrogen-bond donors (Lipinski definition) is 1. The lowest BCUT2D eigenvalue weighted by molar-refractivity contribution is 0.531. The lowest BCUT2D eigenvalue weighted by Crippen LogP contribution is -2.25. The molecule has 0 saturated carbocycles. The molecule has 2 aromatic rings. The standard InChI is InChI=1S/C16H23ClN4/c1-5-12-8-7-9-19-15(12)14(18-6-2)10-13-11(3)20-21(4)16(13)17/h7-9,14,18H,5-6,10H2,1-4H3. The van der Waals surface area contributed by atoms with E-state index in [1.165, 1.54) is 5.56 Å². The van der Waals surface area contributed by atoms with Gasteiger partial charge in [0.25, 0.3) is 0 Å². The maximum Gasteiger partial charge on any atom is 0.130 e. The van der Waals surface area contributed by atoms with Crippen LogP contribution < -0.4 is 5.32 Å². The van der Waals surface area contributed by atoms with E-state index in [4.69, 9.17) is 11.6 Å². The van der Waals surface area contributed by atoms with Crippen LogP contribution in [0.1, 0.15) is 42.4 Å². The molecule has 1 N–H and O–H groups in total. The van der Waals surface area contributed by atoms with E-state index >= 15 is 0 Å². The molecule has 21 heavy (non-hydrogen) atoms. The Kier molecular flexibility index (Phi) is 5.37. The average Bonchev–Trinajstić information content (AvgIpc) is 2.73. The highest BCUT2D eigenvalue weighted by molar-refractivity contribution is 6.30. The van der Waals surface area contributed by atoms with Crippen LogP contribution in [0, 0.1) is 6.92 Å². The summed E-state index contributed by atoms with van der Waals surface area (Å²) < 4.78 is 1.73. The smallest absolute Gasteiger partial charge is 0.130 e. The van der Waals surface area contributed by atoms with E-state index in [0.717, 1.165) is 36.3 Å². The summed E-state index contributed by atoms with van der Waals surface area (Å²) in [5, 5.41) is 8.64. The molecule has 0 aliphatic heterocycles. The first-order valence-electron chi connectivity index (χ1n) is 7.43. The minimum atomic E-state index is 0.159. The van der Waals surface area contributed by atoms with Crippen molar-refractivity contribution in [3.8, 4) is 0 Å². The van der Waals surface area contributed by atoms with Crippen LogP contribution in [-0.4, -0.2) is 21.3 Å². The highest BCUT2D eigenvalue weighted by atomic mass is 35.5. The third kappa shape index (κ3) is 3.44. The molecule has 0 amide bonds. The van der Waals surface area contributed by atoms with Gasteiger partial charge in [0, 0.05) is 18.8 Å². The Labute approximate surface area is 131 Å². The normalized spacial score (nSPS) is 12.6. The molecule has 1 atom stereocenters. The summed E-state index contributed by atoms with van der Waals surface area (Å²) in [6.45, 7) is 7.16. The summed E-state index contributed by atoms with van der Waals surface area (Å²) in [4.78, 5) is 4.60. The van der Waals surface area contributed by atoms with Gasteiger partial charge in [-0.2, -0.15) is 5.10 Å². The number of rotatable bonds is 6. The van der Waals surface area contributed by atoms with E-state index in [1.54, 1.807) is 4.68 Å². The van der Waals surface area contributed by atoms with Crippen molar-refractivity contribution >= 4 is 11.6 Å². The molecular weight excluding hydrogens is 284 g/mol. The molecule has 0 aliphatic rings. The van der Waals surface area contributed by atoms with Gasteiger partial charge in [-0.15, -0.1) is 0 Å². The molecule has 114 valence electrons. The molecule has 0 fully saturated rings. The number of likely N-dealkylation sites (N-methyl/N-ethyl adjacent to an activating group) is 1. The van der Waals surface area contributed by atoms with Gasteiger partial charge in [0.15, 0.2) is 0 Å². The zero-order valence-electron chi connectivity index (χ0n) is 13.2. The maximum absolute atomic E-state index is 6.37. The molecule has 1 unspecified atom stereocenters. The zero-order chi connectivity index (χ0) is 15.4. The topological polar surface area (TPSA) is 42.7 Å². The van der Waals surface area contributed by atoms with Crippen molar-refractivity contribution in [1.29, 1.82) is 0 Å². The Morgan fingerprint density at radius 1 is 1.38 bits per heavy atom. The Morgan fingerprint density at radius 3 is 2.71 bits per heavy atom. The molecule has 2 rings (SSSR count). The summed E-state index contributed by atoms with van der Waals surface area (Å²) in [6, 6.07) is 4.30. The maximum atomic E-state index is 6.37. The molecule has 0 aliphatic carbocycles. The fourth-order valence-corrected chi connectivity index (χ4v) is 2.94. The van der Waals surface area contributed by atoms with Gasteiger partial charge in [-0.3, -0.25) is 9.67 Å². The number of aromatic nitrogens is 3. The van der Waals surface area contributed by atoms with Gasteiger partial charge in [0.1, 0.15) is 5.15 Å². The van der Waals surface area contributed by atoms with E-state index in [-0.39, 0.29) is 6.04 Å². The summed E-state index contributed by atoms with van der Waals surface area (Å²) in [5.41, 5.74) is 4.47. The van der Waals surface area contributed by atoms with Gasteiger partial charge >= 0.3 is 0 Å². The monoisotopic (exact) mass is 306 g/mol. The van der Waals surface area contributed by atoms with E-state index in [9.17, 15) is 0 Å². The minimum Gasteiger partial charge on any atom is -0.309 e. The molecule has 0 radical (unpaired) electrons. The summed E-state index contributed by atoms with van der Waals surface area (Å²) in [6.07, 6.45) is 3.64. The van der Waals surface area contributed by atoms with Crippen molar-refractivity contribution in [2.24, 2.45) is 7.05 Å².